The van der Waals surface area contributed by atoms with Crippen molar-refractivity contribution in [3.63, 3.8) is 0 Å². The van der Waals surface area contributed by atoms with Gasteiger partial charge in [0.05, 0.1) is 99.8 Å². The van der Waals surface area contributed by atoms with E-state index in [2.05, 4.69) is 370 Å². The van der Waals surface area contributed by atoms with Crippen LogP contribution in [0, 0.1) is 0 Å². The van der Waals surface area contributed by atoms with E-state index in [1.54, 1.807) is 0 Å². The average Bonchev–Trinajstić information content (AvgIpc) is 1.60. The number of nitrogens with zero attached hydrogens (tertiary/aromatic N) is 17. The van der Waals surface area contributed by atoms with Gasteiger partial charge in [0.1, 0.15) is 5.82 Å². The third kappa shape index (κ3) is 18.7. The first-order valence-electron chi connectivity index (χ1n) is 47.9. The summed E-state index contributed by atoms with van der Waals surface area (Å²) in [5, 5.41) is 5.53. The lowest BCUT2D eigenvalue weighted by molar-refractivity contribution is 0.952. The fraction of sp³-hybridized carbons (Fsp3) is 0. The highest BCUT2D eigenvalue weighted by Crippen LogP contribution is 2.42. The van der Waals surface area contributed by atoms with Gasteiger partial charge in [-0.25, -0.2) is 24.9 Å². The Morgan fingerprint density at radius 1 is 0.155 bits per heavy atom. The number of benzene rings is 15. The molecular formula is C126H80Br5N17. The highest BCUT2D eigenvalue weighted by molar-refractivity contribution is 9.11. The van der Waals surface area contributed by atoms with E-state index in [-0.39, 0.29) is 0 Å². The van der Waals surface area contributed by atoms with Crippen molar-refractivity contribution in [2.24, 2.45) is 0 Å². The van der Waals surface area contributed by atoms with Crippen LogP contribution in [0.25, 0.3) is 229 Å². The number of hydrogen-bond donors (Lipinski definition) is 0. The van der Waals surface area contributed by atoms with Crippen LogP contribution in [0.1, 0.15) is 0 Å². The van der Waals surface area contributed by atoms with Crippen molar-refractivity contribution in [3.8, 4) is 119 Å². The lowest BCUT2D eigenvalue weighted by Crippen LogP contribution is -2.06. The Balaban J connectivity index is 0.0000000991. The fourth-order valence-corrected chi connectivity index (χ4v) is 20.9. The van der Waals surface area contributed by atoms with E-state index < -0.39 is 0 Å². The normalized spacial score (nSPS) is 11.3. The first-order chi connectivity index (χ1) is 72.9. The van der Waals surface area contributed by atoms with E-state index in [9.17, 15) is 0 Å². The molecule has 704 valence electrons. The van der Waals surface area contributed by atoms with Gasteiger partial charge in [-0.05, 0) is 204 Å². The lowest BCUT2D eigenvalue weighted by Gasteiger charge is -2.12. The zero-order valence-corrected chi connectivity index (χ0v) is 86.6. The smallest absolute Gasteiger partial charge is 0.238 e. The highest BCUT2D eigenvalue weighted by Gasteiger charge is 2.25. The number of halogens is 5. The average molecular weight is 2230 g/mol. The minimum atomic E-state index is 0.559. The van der Waals surface area contributed by atoms with Crippen molar-refractivity contribution in [2.45, 2.75) is 0 Å². The first-order valence-corrected chi connectivity index (χ1v) is 51.9. The molecule has 13 aromatic heterocycles. The van der Waals surface area contributed by atoms with Crippen LogP contribution >= 0.6 is 79.6 Å². The van der Waals surface area contributed by atoms with Crippen molar-refractivity contribution in [1.82, 2.24) is 82.6 Å². The molecule has 15 aromatic carbocycles. The largest absolute Gasteiger partial charge is 0.308 e. The van der Waals surface area contributed by atoms with E-state index in [0.717, 1.165) is 200 Å². The summed E-state index contributed by atoms with van der Waals surface area (Å²) < 4.78 is 16.0. The Morgan fingerprint density at radius 2 is 0.426 bits per heavy atom. The fourth-order valence-electron chi connectivity index (χ4n) is 19.1. The molecule has 0 N–H and O–H groups in total. The number of hydrogen-bond acceptors (Lipinski definition) is 12. The van der Waals surface area contributed by atoms with Gasteiger partial charge >= 0.3 is 0 Å². The first kappa shape index (κ1) is 93.0. The maximum Gasteiger partial charge on any atom is 0.238 e. The van der Waals surface area contributed by atoms with E-state index in [4.69, 9.17) is 34.9 Å². The predicted molar refractivity (Wildman–Crippen MR) is 619 cm³/mol. The Morgan fingerprint density at radius 3 is 0.784 bits per heavy atom. The molecule has 0 unspecified atom stereocenters. The monoisotopic (exact) mass is 2230 g/mol. The lowest BCUT2D eigenvalue weighted by atomic mass is 10.1. The molecule has 28 rings (SSSR count). The summed E-state index contributed by atoms with van der Waals surface area (Å²) in [7, 11) is 0. The van der Waals surface area contributed by atoms with Crippen molar-refractivity contribution < 1.29 is 0 Å². The Labute approximate surface area is 891 Å². The van der Waals surface area contributed by atoms with Crippen molar-refractivity contribution in [3.05, 3.63) is 508 Å². The van der Waals surface area contributed by atoms with Crippen molar-refractivity contribution >= 4 is 189 Å². The second-order valence-corrected chi connectivity index (χ2v) is 39.6. The van der Waals surface area contributed by atoms with Gasteiger partial charge in [0.25, 0.3) is 0 Å². The molecule has 0 bridgehead atoms. The van der Waals surface area contributed by atoms with Crippen LogP contribution in [0.4, 0.5) is 0 Å². The highest BCUT2D eigenvalue weighted by atomic mass is 79.9. The molecule has 0 amide bonds. The topological polar surface area (TPSA) is 179 Å². The number of fused-ring (bicyclic) bond motifs is 15. The van der Waals surface area contributed by atoms with Crippen LogP contribution in [0.5, 0.6) is 0 Å². The Bertz CT molecular complexity index is 9040. The molecule has 0 saturated carbocycles. The zero-order chi connectivity index (χ0) is 99.5. The molecule has 0 aliphatic heterocycles. The molecule has 148 heavy (non-hydrogen) atoms. The van der Waals surface area contributed by atoms with Crippen molar-refractivity contribution in [2.75, 3.05) is 0 Å². The van der Waals surface area contributed by atoms with Gasteiger partial charge in [0.15, 0.2) is 17.5 Å². The van der Waals surface area contributed by atoms with Gasteiger partial charge in [-0.3, -0.25) is 38.6 Å². The molecule has 0 spiro atoms. The quantitative estimate of drug-likeness (QED) is 0.107. The standard InChI is InChI=1S/2C27H17BrN4.C26H16BrN5.2C23H15BrN2/c28-20-13-14-21-25(16-20)32(24-12-7-15-29-26(21)24)27-30-22(18-8-3-1-4-9-18)17-23(31-27)19-10-5-2-6-11-19;28-20-13-14-21-24(16-20)32(23-12-7-15-29-26(21)23)25-17-22(18-8-3-1-4-9-18)30-27(31-25)19-10-5-2-6-11-19;27-19-13-14-20-22(16-19)32(21-12-7-15-28-23(20)21)26-30-24(17-8-3-1-4-9-17)29-25(31-26)18-10-5-2-6-11-18;24-18-11-12-20-22(15-18)26(21-10-5-13-25-23(20)21)19-9-4-8-17(14-19)16-6-2-1-3-7-16;24-18-10-13-20-22(15-18)26(21-7-4-14-25-23(20)21)19-11-8-17(9-12-19)16-5-2-1-3-6-16/h2*1-17H;1-16H;2*1-15H. The van der Waals surface area contributed by atoms with Gasteiger partial charge in [0.2, 0.25) is 11.9 Å². The maximum absolute atomic E-state index is 5.01. The molecule has 0 aliphatic carbocycles. The zero-order valence-electron chi connectivity index (χ0n) is 78.7. The molecular weight excluding hydrogens is 2150 g/mol. The van der Waals surface area contributed by atoms with E-state index in [1.807, 2.05) is 243 Å². The summed E-state index contributed by atoms with van der Waals surface area (Å²) >= 11 is 18.1. The molecule has 0 saturated heterocycles. The summed E-state index contributed by atoms with van der Waals surface area (Å²) in [5.41, 5.74) is 31.2. The molecule has 0 radical (unpaired) electrons. The Hall–Kier alpha value is -17.4. The van der Waals surface area contributed by atoms with Gasteiger partial charge in [-0.15, -0.1) is 0 Å². The van der Waals surface area contributed by atoms with Crippen LogP contribution in [-0.2, 0) is 0 Å². The van der Waals surface area contributed by atoms with Gasteiger partial charge < -0.3 is 9.13 Å². The SMILES string of the molecule is Brc1ccc2c3ncccc3n(-c3cc(-c4ccccc4)nc(-c4ccccc4)n3)c2c1.Brc1ccc2c3ncccc3n(-c3ccc(-c4ccccc4)cc3)c2c1.Brc1ccc2c3ncccc3n(-c3cccc(-c4ccccc4)c3)c2c1.Brc1ccc2c3ncccc3n(-c3nc(-c4ccccc4)cc(-c4ccccc4)n3)c2c1.Brc1ccc2c3ncccc3n(-c3nc(-c4ccccc4)nc(-c4ccccc4)n3)c2c1. The second kappa shape index (κ2) is 41.4. The maximum atomic E-state index is 5.01. The van der Waals surface area contributed by atoms with Crippen LogP contribution in [-0.4, -0.2) is 82.6 Å². The third-order valence-corrected chi connectivity index (χ3v) is 28.3. The number of aromatic nitrogens is 17. The number of rotatable bonds is 13. The van der Waals surface area contributed by atoms with Crippen molar-refractivity contribution in [1.29, 1.82) is 0 Å². The van der Waals surface area contributed by atoms with Crippen LogP contribution in [0.15, 0.2) is 508 Å². The molecule has 0 atom stereocenters. The van der Waals surface area contributed by atoms with E-state index in [0.29, 0.717) is 29.4 Å². The summed E-state index contributed by atoms with van der Waals surface area (Å²) in [5.74, 6) is 3.94. The van der Waals surface area contributed by atoms with Crippen LogP contribution < -0.4 is 0 Å². The summed E-state index contributed by atoms with van der Waals surface area (Å²) in [4.78, 5) is 57.7. The van der Waals surface area contributed by atoms with E-state index >= 15 is 0 Å². The molecule has 0 fully saturated rings. The van der Waals surface area contributed by atoms with E-state index in [1.165, 1.54) is 22.3 Å². The summed E-state index contributed by atoms with van der Waals surface area (Å²) in [6.07, 6.45) is 9.18. The molecule has 13 heterocycles. The molecule has 22 heteroatoms. The minimum Gasteiger partial charge on any atom is -0.308 e. The van der Waals surface area contributed by atoms with Gasteiger partial charge in [-0.2, -0.15) is 9.97 Å². The van der Waals surface area contributed by atoms with Gasteiger partial charge in [0, 0.05) is 131 Å². The Kier molecular flexibility index (Phi) is 26.0. The predicted octanol–water partition coefficient (Wildman–Crippen LogP) is 33.8. The second-order valence-electron chi connectivity index (χ2n) is 35.0. The summed E-state index contributed by atoms with van der Waals surface area (Å²) in [6, 6.07) is 155. The van der Waals surface area contributed by atoms with Crippen LogP contribution in [0.2, 0.25) is 0 Å². The summed E-state index contributed by atoms with van der Waals surface area (Å²) in [6.45, 7) is 0. The number of pyridine rings is 5. The third-order valence-electron chi connectivity index (χ3n) is 25.8. The minimum absolute atomic E-state index is 0.559. The van der Waals surface area contributed by atoms with Crippen LogP contribution in [0.3, 0.4) is 0 Å². The molecule has 28 aromatic rings. The molecule has 0 aliphatic rings. The van der Waals surface area contributed by atoms with Gasteiger partial charge in [-0.1, -0.05) is 347 Å². The molecule has 17 nitrogen and oxygen atoms in total.